The fraction of sp³-hybridized carbons (Fsp3) is 0.200. The summed E-state index contributed by atoms with van der Waals surface area (Å²) in [7, 11) is 0. The van der Waals surface area contributed by atoms with E-state index < -0.39 is 0 Å². The van der Waals surface area contributed by atoms with Gasteiger partial charge in [-0.05, 0) is 0 Å². The molecular formula is C10H9I2OS-. The van der Waals surface area contributed by atoms with Crippen molar-refractivity contribution in [3.63, 3.8) is 0 Å². The zero-order valence-corrected chi connectivity index (χ0v) is 12.7. The quantitative estimate of drug-likeness (QED) is 0.516. The van der Waals surface area contributed by atoms with Gasteiger partial charge in [0.2, 0.25) is 0 Å². The van der Waals surface area contributed by atoms with Crippen molar-refractivity contribution in [1.82, 2.24) is 0 Å². The summed E-state index contributed by atoms with van der Waals surface area (Å²) in [6, 6.07) is 8.56. The molecule has 0 aliphatic rings. The molecule has 14 heavy (non-hydrogen) atoms. The van der Waals surface area contributed by atoms with Crippen LogP contribution >= 0.6 is 33.9 Å². The molecule has 2 rings (SSSR count). The molecule has 0 aliphatic carbocycles. The number of alkyl halides is 1. The standard InChI is InChI=1S/C10H9I2OS/c1-7-2-5-10(13-7)12-6-8-3-4-9(11)14-8/h2-5H,6H2,1H3/q-1. The van der Waals surface area contributed by atoms with Crippen LogP contribution < -0.4 is 21.2 Å². The zero-order chi connectivity index (χ0) is 9.97. The van der Waals surface area contributed by atoms with E-state index in [4.69, 9.17) is 4.42 Å². The van der Waals surface area contributed by atoms with Crippen molar-refractivity contribution in [2.45, 2.75) is 11.4 Å². The molecule has 76 valence electrons. The number of thiophene rings is 1. The molecule has 0 spiro atoms. The number of furan rings is 1. The molecule has 0 saturated heterocycles. The van der Waals surface area contributed by atoms with E-state index in [9.17, 15) is 0 Å². The second-order valence-electron chi connectivity index (χ2n) is 2.82. The fourth-order valence-corrected chi connectivity index (χ4v) is 5.41. The Balaban J connectivity index is 1.94. The van der Waals surface area contributed by atoms with E-state index in [1.54, 1.807) is 0 Å². The van der Waals surface area contributed by atoms with Crippen LogP contribution in [0.2, 0.25) is 0 Å². The van der Waals surface area contributed by atoms with E-state index in [0.29, 0.717) is 0 Å². The molecule has 4 heteroatoms. The first-order valence-electron chi connectivity index (χ1n) is 4.14. The van der Waals surface area contributed by atoms with E-state index in [0.717, 1.165) is 5.76 Å². The van der Waals surface area contributed by atoms with Gasteiger partial charge in [0.05, 0.1) is 0 Å². The molecule has 1 nitrogen and oxygen atoms in total. The summed E-state index contributed by atoms with van der Waals surface area (Å²) < 4.78 is 9.33. The first-order chi connectivity index (χ1) is 6.74. The Bertz CT molecular complexity index is 379. The predicted molar refractivity (Wildman–Crippen MR) is 62.9 cm³/mol. The second-order valence-corrected chi connectivity index (χ2v) is 8.47. The van der Waals surface area contributed by atoms with E-state index in [-0.39, 0.29) is 21.2 Å². The van der Waals surface area contributed by atoms with Gasteiger partial charge in [0, 0.05) is 0 Å². The average molecular weight is 431 g/mol. The van der Waals surface area contributed by atoms with Crippen molar-refractivity contribution < 1.29 is 25.6 Å². The molecule has 2 heterocycles. The maximum atomic E-state index is 5.56. The first kappa shape index (κ1) is 10.9. The van der Waals surface area contributed by atoms with Crippen molar-refractivity contribution in [3.05, 3.63) is 41.6 Å². The summed E-state index contributed by atoms with van der Waals surface area (Å²) in [6.07, 6.45) is 0. The summed E-state index contributed by atoms with van der Waals surface area (Å²) in [4.78, 5) is 1.48. The zero-order valence-electron chi connectivity index (χ0n) is 7.59. The molecule has 0 aliphatic heterocycles. The van der Waals surface area contributed by atoms with Crippen molar-refractivity contribution in [1.29, 1.82) is 0 Å². The van der Waals surface area contributed by atoms with Crippen molar-refractivity contribution in [3.8, 4) is 0 Å². The molecule has 2 aromatic rings. The van der Waals surface area contributed by atoms with E-state index >= 15 is 0 Å². The van der Waals surface area contributed by atoms with Gasteiger partial charge in [-0.1, -0.05) is 0 Å². The van der Waals surface area contributed by atoms with Gasteiger partial charge in [0.1, 0.15) is 0 Å². The predicted octanol–water partition coefficient (Wildman–Crippen LogP) is 0.713. The summed E-state index contributed by atoms with van der Waals surface area (Å²) >= 11 is 4.28. The number of hydrogen-bond acceptors (Lipinski definition) is 2. The molecule has 0 radical (unpaired) electrons. The fourth-order valence-electron chi connectivity index (χ4n) is 1.03. The Kier molecular flexibility index (Phi) is 3.89. The number of halogens is 2. The van der Waals surface area contributed by atoms with E-state index in [1.807, 2.05) is 24.3 Å². The van der Waals surface area contributed by atoms with Gasteiger partial charge in [-0.3, -0.25) is 0 Å². The van der Waals surface area contributed by atoms with Crippen LogP contribution in [-0.4, -0.2) is 0 Å². The van der Waals surface area contributed by atoms with Crippen molar-refractivity contribution in [2.24, 2.45) is 0 Å². The monoisotopic (exact) mass is 431 g/mol. The Labute approximate surface area is 111 Å². The third kappa shape index (κ3) is 2.96. The van der Waals surface area contributed by atoms with Crippen molar-refractivity contribution in [2.75, 3.05) is 0 Å². The minimum absolute atomic E-state index is 0.0227. The topological polar surface area (TPSA) is 13.1 Å². The first-order valence-corrected chi connectivity index (χ1v) is 8.64. The van der Waals surface area contributed by atoms with Gasteiger partial charge in [0.15, 0.2) is 0 Å². The Morgan fingerprint density at radius 3 is 2.79 bits per heavy atom. The third-order valence-corrected chi connectivity index (χ3v) is 6.61. The van der Waals surface area contributed by atoms with Crippen LogP contribution in [-0.2, 0) is 4.43 Å². The molecule has 0 unspecified atom stereocenters. The maximum absolute atomic E-state index is 5.56. The molecule has 0 saturated carbocycles. The Morgan fingerprint density at radius 2 is 2.21 bits per heavy atom. The molecule has 0 fully saturated rings. The van der Waals surface area contributed by atoms with Crippen LogP contribution in [0.15, 0.2) is 28.7 Å². The third-order valence-electron chi connectivity index (χ3n) is 1.67. The molecule has 0 bridgehead atoms. The van der Waals surface area contributed by atoms with Crippen molar-refractivity contribution >= 4 is 33.9 Å². The SMILES string of the molecule is Cc1ccc([I-]Cc2ccc(I)s2)o1. The molecule has 0 N–H and O–H groups in total. The Hall–Kier alpha value is 0.440. The number of hydrogen-bond donors (Lipinski definition) is 0. The van der Waals surface area contributed by atoms with E-state index in [1.165, 1.54) is 16.0 Å². The van der Waals surface area contributed by atoms with Crippen LogP contribution in [0.1, 0.15) is 10.6 Å². The molecule has 0 aromatic carbocycles. The van der Waals surface area contributed by atoms with Gasteiger partial charge in [-0.15, -0.1) is 0 Å². The van der Waals surface area contributed by atoms with Crippen LogP contribution in [0.25, 0.3) is 0 Å². The summed E-state index contributed by atoms with van der Waals surface area (Å²) in [5.74, 6) is 1.03. The van der Waals surface area contributed by atoms with Gasteiger partial charge in [0.25, 0.3) is 0 Å². The summed E-state index contributed by atoms with van der Waals surface area (Å²) in [5.41, 5.74) is 0. The Morgan fingerprint density at radius 1 is 1.36 bits per heavy atom. The van der Waals surface area contributed by atoms with E-state index in [2.05, 4.69) is 40.8 Å². The van der Waals surface area contributed by atoms with Gasteiger partial charge in [-0.2, -0.15) is 0 Å². The second kappa shape index (κ2) is 4.98. The van der Waals surface area contributed by atoms with Crippen LogP contribution in [0.3, 0.4) is 0 Å². The van der Waals surface area contributed by atoms with Gasteiger partial charge in [-0.25, -0.2) is 0 Å². The summed E-state index contributed by atoms with van der Waals surface area (Å²) in [5, 5.41) is 0. The van der Waals surface area contributed by atoms with Crippen LogP contribution in [0.4, 0.5) is 0 Å². The minimum atomic E-state index is 0.0227. The molecular weight excluding hydrogens is 422 g/mol. The van der Waals surface area contributed by atoms with Gasteiger partial charge >= 0.3 is 112 Å². The molecule has 0 atom stereocenters. The van der Waals surface area contributed by atoms with Gasteiger partial charge < -0.3 is 0 Å². The molecule has 2 aromatic heterocycles. The van der Waals surface area contributed by atoms with Crippen LogP contribution in [0.5, 0.6) is 0 Å². The number of aryl methyl sites for hydroxylation is 1. The summed E-state index contributed by atoms with van der Waals surface area (Å²) in [6.45, 7) is 2.00. The normalized spacial score (nSPS) is 11.0. The average Bonchev–Trinajstić information content (AvgIpc) is 2.72. The molecule has 0 amide bonds. The number of rotatable bonds is 3. The van der Waals surface area contributed by atoms with Crippen LogP contribution in [0, 0.1) is 13.6 Å².